The zero-order valence-electron chi connectivity index (χ0n) is 9.41. The van der Waals surface area contributed by atoms with Gasteiger partial charge in [0.1, 0.15) is 16.7 Å². The summed E-state index contributed by atoms with van der Waals surface area (Å²) in [5.74, 6) is 1.07. The van der Waals surface area contributed by atoms with Gasteiger partial charge in [-0.05, 0) is 12.1 Å². The van der Waals surface area contributed by atoms with Gasteiger partial charge in [0.15, 0.2) is 0 Å². The highest BCUT2D eigenvalue weighted by atomic mass is 32.2. The molecule has 2 N–H and O–H groups in total. The van der Waals surface area contributed by atoms with Crippen LogP contribution in [0.3, 0.4) is 0 Å². The van der Waals surface area contributed by atoms with Gasteiger partial charge in [0.25, 0.3) is 0 Å². The largest absolute Gasteiger partial charge is 0.457 e. The molecular formula is C13H11NO3S. The topological polar surface area (TPSA) is 69.4 Å². The van der Waals surface area contributed by atoms with Crippen LogP contribution in [-0.4, -0.2) is 8.42 Å². The molecule has 92 valence electrons. The minimum Gasteiger partial charge on any atom is -0.457 e. The Balaban J connectivity index is 2.31. The van der Waals surface area contributed by atoms with E-state index in [0.29, 0.717) is 22.6 Å². The number of primary sulfonamides is 1. The molecule has 18 heavy (non-hydrogen) atoms. The van der Waals surface area contributed by atoms with Crippen LogP contribution in [0.15, 0.2) is 48.5 Å². The number of benzene rings is 2. The number of ether oxygens (including phenoxy) is 1. The van der Waals surface area contributed by atoms with Crippen molar-refractivity contribution >= 4 is 10.0 Å². The SMILES string of the molecule is NS(=O)(=O)C1c2ccccc2Oc2ccccc21. The lowest BCUT2D eigenvalue weighted by Crippen LogP contribution is -2.25. The lowest BCUT2D eigenvalue weighted by Gasteiger charge is -2.26. The summed E-state index contributed by atoms with van der Waals surface area (Å²) in [7, 11) is -3.73. The molecule has 1 aliphatic heterocycles. The van der Waals surface area contributed by atoms with Crippen LogP contribution in [0.5, 0.6) is 11.5 Å². The fourth-order valence-electron chi connectivity index (χ4n) is 2.22. The molecule has 0 saturated heterocycles. The molecule has 0 fully saturated rings. The number of hydrogen-bond donors (Lipinski definition) is 1. The Labute approximate surface area is 105 Å². The van der Waals surface area contributed by atoms with Crippen LogP contribution in [0.2, 0.25) is 0 Å². The first-order chi connectivity index (χ1) is 8.57. The van der Waals surface area contributed by atoms with Gasteiger partial charge in [0, 0.05) is 11.1 Å². The summed E-state index contributed by atoms with van der Waals surface area (Å²) in [5, 5.41) is 4.49. The Kier molecular flexibility index (Phi) is 2.39. The zero-order valence-corrected chi connectivity index (χ0v) is 10.2. The first-order valence-corrected chi connectivity index (χ1v) is 7.05. The third-order valence-corrected chi connectivity index (χ3v) is 4.12. The van der Waals surface area contributed by atoms with Crippen LogP contribution in [0.25, 0.3) is 0 Å². The van der Waals surface area contributed by atoms with E-state index in [9.17, 15) is 8.42 Å². The predicted octanol–water partition coefficient (Wildman–Crippen LogP) is 2.17. The van der Waals surface area contributed by atoms with E-state index < -0.39 is 15.3 Å². The highest BCUT2D eigenvalue weighted by molar-refractivity contribution is 7.89. The summed E-state index contributed by atoms with van der Waals surface area (Å²) in [6.07, 6.45) is 0. The minimum atomic E-state index is -3.73. The summed E-state index contributed by atoms with van der Waals surface area (Å²) >= 11 is 0. The maximum absolute atomic E-state index is 11.8. The van der Waals surface area contributed by atoms with Gasteiger partial charge in [-0.1, -0.05) is 36.4 Å². The fourth-order valence-corrected chi connectivity index (χ4v) is 3.32. The maximum Gasteiger partial charge on any atom is 0.220 e. The Morgan fingerprint density at radius 1 is 0.889 bits per heavy atom. The van der Waals surface area contributed by atoms with Crippen LogP contribution in [0.4, 0.5) is 0 Å². The second-order valence-electron chi connectivity index (χ2n) is 4.15. The van der Waals surface area contributed by atoms with Crippen molar-refractivity contribution in [3.05, 3.63) is 59.7 Å². The van der Waals surface area contributed by atoms with Crippen LogP contribution < -0.4 is 9.88 Å². The van der Waals surface area contributed by atoms with E-state index >= 15 is 0 Å². The molecule has 1 heterocycles. The molecular weight excluding hydrogens is 250 g/mol. The van der Waals surface area contributed by atoms with E-state index in [4.69, 9.17) is 9.88 Å². The molecule has 0 radical (unpaired) electrons. The molecule has 0 spiro atoms. The average molecular weight is 261 g/mol. The Hall–Kier alpha value is -1.85. The van der Waals surface area contributed by atoms with Crippen LogP contribution >= 0.6 is 0 Å². The van der Waals surface area contributed by atoms with Crippen molar-refractivity contribution in [2.24, 2.45) is 5.14 Å². The number of hydrogen-bond acceptors (Lipinski definition) is 3. The highest BCUT2D eigenvalue weighted by Gasteiger charge is 2.34. The molecule has 5 heteroatoms. The van der Waals surface area contributed by atoms with Gasteiger partial charge in [-0.3, -0.25) is 0 Å². The van der Waals surface area contributed by atoms with Crippen molar-refractivity contribution in [1.29, 1.82) is 0 Å². The quantitative estimate of drug-likeness (QED) is 0.855. The molecule has 0 aromatic heterocycles. The number of fused-ring (bicyclic) bond motifs is 2. The summed E-state index contributed by atoms with van der Waals surface area (Å²) < 4.78 is 29.4. The van der Waals surface area contributed by atoms with E-state index in [-0.39, 0.29) is 0 Å². The van der Waals surface area contributed by atoms with Crippen molar-refractivity contribution in [3.63, 3.8) is 0 Å². The predicted molar refractivity (Wildman–Crippen MR) is 67.9 cm³/mol. The molecule has 0 aliphatic carbocycles. The lowest BCUT2D eigenvalue weighted by atomic mass is 10.00. The molecule has 2 aromatic rings. The van der Waals surface area contributed by atoms with Gasteiger partial charge in [-0.25, -0.2) is 13.6 Å². The van der Waals surface area contributed by atoms with Gasteiger partial charge in [-0.15, -0.1) is 0 Å². The second kappa shape index (κ2) is 3.83. The summed E-state index contributed by atoms with van der Waals surface area (Å²) in [5.41, 5.74) is 1.16. The lowest BCUT2D eigenvalue weighted by molar-refractivity contribution is 0.455. The number of para-hydroxylation sites is 2. The van der Waals surface area contributed by atoms with E-state index in [1.54, 1.807) is 48.5 Å². The smallest absolute Gasteiger partial charge is 0.220 e. The first-order valence-electron chi connectivity index (χ1n) is 5.45. The minimum absolute atomic E-state index is 0.537. The van der Waals surface area contributed by atoms with E-state index in [2.05, 4.69) is 0 Å². The zero-order chi connectivity index (χ0) is 12.8. The van der Waals surface area contributed by atoms with E-state index in [1.165, 1.54) is 0 Å². The maximum atomic E-state index is 11.8. The van der Waals surface area contributed by atoms with Crippen LogP contribution in [0.1, 0.15) is 16.4 Å². The molecule has 0 atom stereocenters. The second-order valence-corrected chi connectivity index (χ2v) is 5.80. The van der Waals surface area contributed by atoms with E-state index in [0.717, 1.165) is 0 Å². The van der Waals surface area contributed by atoms with E-state index in [1.807, 2.05) is 0 Å². The molecule has 0 unspecified atom stereocenters. The van der Waals surface area contributed by atoms with Gasteiger partial charge in [0.05, 0.1) is 0 Å². The Bertz CT molecular complexity index is 664. The first kappa shape index (κ1) is 11.3. The normalized spacial score (nSPS) is 14.5. The molecule has 4 nitrogen and oxygen atoms in total. The molecule has 0 bridgehead atoms. The molecule has 0 saturated carbocycles. The van der Waals surface area contributed by atoms with Crippen LogP contribution in [0, 0.1) is 0 Å². The van der Waals surface area contributed by atoms with Gasteiger partial charge in [-0.2, -0.15) is 0 Å². The fraction of sp³-hybridized carbons (Fsp3) is 0.0769. The molecule has 3 rings (SSSR count). The molecule has 2 aromatic carbocycles. The van der Waals surface area contributed by atoms with Crippen molar-refractivity contribution in [2.45, 2.75) is 5.25 Å². The van der Waals surface area contributed by atoms with Crippen molar-refractivity contribution in [3.8, 4) is 11.5 Å². The monoisotopic (exact) mass is 261 g/mol. The standard InChI is InChI=1S/C13H11NO3S/c14-18(15,16)13-9-5-1-3-7-11(9)17-12-8-4-2-6-10(12)13/h1-8,13H,(H2,14,15,16). The Morgan fingerprint density at radius 3 is 1.78 bits per heavy atom. The van der Waals surface area contributed by atoms with Crippen molar-refractivity contribution < 1.29 is 13.2 Å². The Morgan fingerprint density at radius 2 is 1.33 bits per heavy atom. The molecule has 0 amide bonds. The van der Waals surface area contributed by atoms with Gasteiger partial charge >= 0.3 is 0 Å². The van der Waals surface area contributed by atoms with Crippen LogP contribution in [-0.2, 0) is 10.0 Å². The van der Waals surface area contributed by atoms with Crippen molar-refractivity contribution in [1.82, 2.24) is 0 Å². The third kappa shape index (κ3) is 1.68. The van der Waals surface area contributed by atoms with Gasteiger partial charge < -0.3 is 4.74 Å². The number of nitrogens with two attached hydrogens (primary N) is 1. The average Bonchev–Trinajstić information content (AvgIpc) is 2.34. The molecule has 1 aliphatic rings. The highest BCUT2D eigenvalue weighted by Crippen LogP contribution is 2.45. The summed E-state index contributed by atoms with van der Waals surface area (Å²) in [6, 6.07) is 14.1. The van der Waals surface area contributed by atoms with Gasteiger partial charge in [0.2, 0.25) is 10.0 Å². The van der Waals surface area contributed by atoms with Crippen molar-refractivity contribution in [2.75, 3.05) is 0 Å². The summed E-state index contributed by atoms with van der Waals surface area (Å²) in [6.45, 7) is 0. The number of rotatable bonds is 1. The summed E-state index contributed by atoms with van der Waals surface area (Å²) in [4.78, 5) is 0. The number of sulfonamides is 1. The third-order valence-electron chi connectivity index (χ3n) is 2.95.